The fourth-order valence-corrected chi connectivity index (χ4v) is 4.46. The van der Waals surface area contributed by atoms with E-state index < -0.39 is 0 Å². The molecule has 0 aromatic heterocycles. The smallest absolute Gasteiger partial charge is 0.283 e. The molecule has 1 N–H and O–H groups in total. The molecule has 156 valence electrons. The van der Waals surface area contributed by atoms with Crippen molar-refractivity contribution >= 4 is 46.6 Å². The Kier molecular flexibility index (Phi) is 5.90. The summed E-state index contributed by atoms with van der Waals surface area (Å²) in [5, 5.41) is 3.74. The minimum absolute atomic E-state index is 0.250. The molecule has 31 heavy (non-hydrogen) atoms. The van der Waals surface area contributed by atoms with Crippen molar-refractivity contribution in [2.75, 3.05) is 10.2 Å². The van der Waals surface area contributed by atoms with Crippen molar-refractivity contribution in [1.82, 2.24) is 0 Å². The molecule has 2 amide bonds. The van der Waals surface area contributed by atoms with E-state index in [1.165, 1.54) is 16.7 Å². The van der Waals surface area contributed by atoms with Gasteiger partial charge in [0.2, 0.25) is 0 Å². The summed E-state index contributed by atoms with van der Waals surface area (Å²) in [6.45, 7) is 5.79. The van der Waals surface area contributed by atoms with Gasteiger partial charge in [0.1, 0.15) is 10.6 Å². The van der Waals surface area contributed by atoms with E-state index in [-0.39, 0.29) is 17.5 Å². The Morgan fingerprint density at radius 3 is 2.29 bits per heavy atom. The van der Waals surface area contributed by atoms with Crippen LogP contribution in [0, 0.1) is 20.8 Å². The van der Waals surface area contributed by atoms with Crippen LogP contribution in [0.4, 0.5) is 11.4 Å². The first-order valence-electron chi connectivity index (χ1n) is 9.82. The number of hydrogen-bond acceptors (Lipinski definition) is 4. The summed E-state index contributed by atoms with van der Waals surface area (Å²) in [6.07, 6.45) is 0. The normalized spacial score (nSPS) is 13.9. The lowest BCUT2D eigenvalue weighted by atomic mass is 10.1. The zero-order valence-corrected chi connectivity index (χ0v) is 19.0. The fourth-order valence-electron chi connectivity index (χ4n) is 3.33. The largest absolute Gasteiger partial charge is 0.350 e. The number of nitrogens with one attached hydrogen (secondary N) is 1. The molecule has 0 atom stereocenters. The third-order valence-electron chi connectivity index (χ3n) is 5.26. The number of carbonyl (C=O) groups excluding carboxylic acids is 2. The van der Waals surface area contributed by atoms with E-state index in [1.54, 1.807) is 12.1 Å². The third kappa shape index (κ3) is 4.11. The number of hydrogen-bond donors (Lipinski definition) is 1. The maximum Gasteiger partial charge on any atom is 0.283 e. The summed E-state index contributed by atoms with van der Waals surface area (Å²) in [6, 6.07) is 20.6. The first-order chi connectivity index (χ1) is 14.9. The first kappa shape index (κ1) is 21.2. The molecular formula is C25H21ClN2O2S. The van der Waals surface area contributed by atoms with Crippen LogP contribution >= 0.6 is 23.4 Å². The Hall–Kier alpha value is -3.02. The number of amides is 2. The van der Waals surface area contributed by atoms with Crippen LogP contribution in [0.3, 0.4) is 0 Å². The van der Waals surface area contributed by atoms with Gasteiger partial charge in [0.15, 0.2) is 0 Å². The zero-order valence-electron chi connectivity index (χ0n) is 17.4. The second-order valence-corrected chi connectivity index (χ2v) is 8.86. The first-order valence-corrected chi connectivity index (χ1v) is 11.0. The van der Waals surface area contributed by atoms with Gasteiger partial charge in [-0.2, -0.15) is 0 Å². The van der Waals surface area contributed by atoms with E-state index >= 15 is 0 Å². The number of aryl methyl sites for hydroxylation is 2. The van der Waals surface area contributed by atoms with Crippen LogP contribution in [-0.2, 0) is 9.59 Å². The van der Waals surface area contributed by atoms with Crippen molar-refractivity contribution < 1.29 is 9.59 Å². The van der Waals surface area contributed by atoms with Crippen molar-refractivity contribution in [3.05, 3.63) is 99.0 Å². The van der Waals surface area contributed by atoms with Gasteiger partial charge in [0.25, 0.3) is 11.8 Å². The van der Waals surface area contributed by atoms with Crippen LogP contribution in [-0.4, -0.2) is 11.8 Å². The maximum absolute atomic E-state index is 13.5. The van der Waals surface area contributed by atoms with Crippen LogP contribution in [0.2, 0.25) is 5.02 Å². The number of thioether (sulfide) groups is 1. The molecule has 0 saturated heterocycles. The Labute approximate surface area is 190 Å². The molecule has 0 bridgehead atoms. The molecular weight excluding hydrogens is 428 g/mol. The van der Waals surface area contributed by atoms with Gasteiger partial charge in [0, 0.05) is 15.6 Å². The monoisotopic (exact) mass is 448 g/mol. The molecule has 0 radical (unpaired) electrons. The molecule has 1 aliphatic rings. The average molecular weight is 449 g/mol. The van der Waals surface area contributed by atoms with Gasteiger partial charge < -0.3 is 5.32 Å². The molecule has 3 aromatic rings. The molecule has 0 aliphatic carbocycles. The molecule has 1 aliphatic heterocycles. The summed E-state index contributed by atoms with van der Waals surface area (Å²) in [7, 11) is 0. The van der Waals surface area contributed by atoms with E-state index in [2.05, 4.69) is 5.32 Å². The van der Waals surface area contributed by atoms with Crippen molar-refractivity contribution in [3.63, 3.8) is 0 Å². The van der Waals surface area contributed by atoms with Crippen LogP contribution in [0.1, 0.15) is 16.7 Å². The highest BCUT2D eigenvalue weighted by atomic mass is 35.5. The number of imide groups is 1. The van der Waals surface area contributed by atoms with Crippen LogP contribution in [0.25, 0.3) is 0 Å². The summed E-state index contributed by atoms with van der Waals surface area (Å²) < 4.78 is 0. The van der Waals surface area contributed by atoms with Crippen molar-refractivity contribution in [2.24, 2.45) is 0 Å². The van der Waals surface area contributed by atoms with E-state index in [0.29, 0.717) is 21.3 Å². The quantitative estimate of drug-likeness (QED) is 0.468. The fraction of sp³-hybridized carbons (Fsp3) is 0.120. The van der Waals surface area contributed by atoms with E-state index in [0.717, 1.165) is 21.6 Å². The van der Waals surface area contributed by atoms with E-state index in [9.17, 15) is 9.59 Å². The van der Waals surface area contributed by atoms with Gasteiger partial charge in [-0.05, 0) is 67.8 Å². The molecule has 4 nitrogen and oxygen atoms in total. The molecule has 0 saturated carbocycles. The molecule has 6 heteroatoms. The summed E-state index contributed by atoms with van der Waals surface area (Å²) in [5.74, 6) is -0.720. The highest BCUT2D eigenvalue weighted by Crippen LogP contribution is 2.39. The Bertz CT molecular complexity index is 1220. The van der Waals surface area contributed by atoms with Crippen molar-refractivity contribution in [1.29, 1.82) is 0 Å². The maximum atomic E-state index is 13.5. The molecule has 1 heterocycles. The predicted octanol–water partition coefficient (Wildman–Crippen LogP) is 6.25. The SMILES string of the molecule is Cc1ccc(NC2=C(Sc3ccccc3)C(=O)N(c3cccc(C)c3C)C2=O)cc1Cl. The van der Waals surface area contributed by atoms with Gasteiger partial charge in [-0.1, -0.05) is 59.8 Å². The molecule has 0 unspecified atom stereocenters. The Balaban J connectivity index is 1.78. The second-order valence-electron chi connectivity index (χ2n) is 7.37. The van der Waals surface area contributed by atoms with Crippen molar-refractivity contribution in [3.8, 4) is 0 Å². The topological polar surface area (TPSA) is 49.4 Å². The third-order valence-corrected chi connectivity index (χ3v) is 6.76. The van der Waals surface area contributed by atoms with Crippen LogP contribution < -0.4 is 10.2 Å². The lowest BCUT2D eigenvalue weighted by molar-refractivity contribution is -0.120. The zero-order chi connectivity index (χ0) is 22.1. The van der Waals surface area contributed by atoms with Crippen LogP contribution in [0.5, 0.6) is 0 Å². The van der Waals surface area contributed by atoms with E-state index in [1.807, 2.05) is 75.4 Å². The second kappa shape index (κ2) is 8.61. The van der Waals surface area contributed by atoms with Gasteiger partial charge in [0.05, 0.1) is 5.69 Å². The molecule has 0 fully saturated rings. The summed E-state index contributed by atoms with van der Waals surface area (Å²) in [5.41, 5.74) is 4.35. The number of anilines is 2. The Morgan fingerprint density at radius 1 is 0.839 bits per heavy atom. The molecule has 4 rings (SSSR count). The summed E-state index contributed by atoms with van der Waals surface area (Å²) >= 11 is 7.55. The minimum atomic E-state index is -0.381. The number of nitrogens with zero attached hydrogens (tertiary/aromatic N) is 1. The van der Waals surface area contributed by atoms with Crippen molar-refractivity contribution in [2.45, 2.75) is 25.7 Å². The minimum Gasteiger partial charge on any atom is -0.350 e. The van der Waals surface area contributed by atoms with E-state index in [4.69, 9.17) is 11.6 Å². The number of carbonyl (C=O) groups is 2. The highest BCUT2D eigenvalue weighted by Gasteiger charge is 2.40. The summed E-state index contributed by atoms with van der Waals surface area (Å²) in [4.78, 5) is 29.4. The Morgan fingerprint density at radius 2 is 1.58 bits per heavy atom. The predicted molar refractivity (Wildman–Crippen MR) is 128 cm³/mol. The van der Waals surface area contributed by atoms with Crippen LogP contribution in [0.15, 0.2) is 82.2 Å². The van der Waals surface area contributed by atoms with Gasteiger partial charge in [-0.25, -0.2) is 4.90 Å². The van der Waals surface area contributed by atoms with Gasteiger partial charge >= 0.3 is 0 Å². The number of rotatable bonds is 5. The lowest BCUT2D eigenvalue weighted by Crippen LogP contribution is -2.33. The molecule has 3 aromatic carbocycles. The average Bonchev–Trinajstić information content (AvgIpc) is 2.97. The molecule has 0 spiro atoms. The van der Waals surface area contributed by atoms with Gasteiger partial charge in [-0.3, -0.25) is 9.59 Å². The number of benzene rings is 3. The van der Waals surface area contributed by atoms with Gasteiger partial charge in [-0.15, -0.1) is 0 Å². The number of halogens is 1. The standard InChI is InChI=1S/C25H21ClN2O2S/c1-15-8-7-11-21(17(15)3)28-24(29)22(27-18-13-12-16(2)20(26)14-18)23(25(28)30)31-19-9-5-4-6-10-19/h4-14,27H,1-3H3. The lowest BCUT2D eigenvalue weighted by Gasteiger charge is -2.19. The highest BCUT2D eigenvalue weighted by molar-refractivity contribution is 8.04.